The molecule has 14 heavy (non-hydrogen) atoms. The van der Waals surface area contributed by atoms with Crippen molar-refractivity contribution in [2.75, 3.05) is 19.0 Å². The molecule has 4 nitrogen and oxygen atoms in total. The third kappa shape index (κ3) is 3.51. The van der Waals surface area contributed by atoms with Gasteiger partial charge in [-0.1, -0.05) is 0 Å². The molecule has 78 valence electrons. The largest absolute Gasteiger partial charge is 0.369 e. The number of carbonyl (C=O) groups excluding carboxylic acids is 1. The molecule has 1 atom stereocenters. The van der Waals surface area contributed by atoms with Gasteiger partial charge in [0.15, 0.2) is 0 Å². The summed E-state index contributed by atoms with van der Waals surface area (Å²) in [7, 11) is 0. The van der Waals surface area contributed by atoms with E-state index in [0.29, 0.717) is 0 Å². The number of hydrogen-bond acceptors (Lipinski definition) is 4. The molecule has 1 saturated heterocycles. The van der Waals surface area contributed by atoms with Crippen molar-refractivity contribution < 1.29 is 4.79 Å². The van der Waals surface area contributed by atoms with E-state index >= 15 is 0 Å². The first-order valence-corrected chi connectivity index (χ1v) is 5.53. The van der Waals surface area contributed by atoms with Crippen LogP contribution in [-0.4, -0.2) is 36.5 Å². The average molecular weight is 213 g/mol. The third-order valence-corrected chi connectivity index (χ3v) is 3.02. The van der Waals surface area contributed by atoms with Crippen molar-refractivity contribution >= 4 is 24.4 Å². The summed E-state index contributed by atoms with van der Waals surface area (Å²) in [5, 5.41) is 1.89. The molecule has 1 fully saturated rings. The summed E-state index contributed by atoms with van der Waals surface area (Å²) in [5.74, 6) is 0.744. The van der Waals surface area contributed by atoms with Crippen LogP contribution in [0.1, 0.15) is 6.42 Å². The van der Waals surface area contributed by atoms with Crippen LogP contribution in [-0.2, 0) is 4.79 Å². The molecule has 0 bridgehead atoms. The van der Waals surface area contributed by atoms with E-state index in [1.54, 1.807) is 18.0 Å². The van der Waals surface area contributed by atoms with Gasteiger partial charge in [0, 0.05) is 18.6 Å². The zero-order valence-corrected chi connectivity index (χ0v) is 8.87. The van der Waals surface area contributed by atoms with Crippen molar-refractivity contribution in [2.24, 2.45) is 16.6 Å². The Labute approximate surface area is 88.2 Å². The van der Waals surface area contributed by atoms with Crippen molar-refractivity contribution in [2.45, 2.75) is 6.42 Å². The lowest BCUT2D eigenvalue weighted by Gasteiger charge is -2.12. The zero-order valence-electron chi connectivity index (χ0n) is 8.06. The van der Waals surface area contributed by atoms with Gasteiger partial charge in [-0.15, -0.1) is 11.8 Å². The number of nitrogens with zero attached hydrogens (tertiary/aromatic N) is 2. The molecule has 0 aromatic carbocycles. The van der Waals surface area contributed by atoms with E-state index in [1.165, 1.54) is 0 Å². The molecular weight excluding hydrogens is 198 g/mol. The van der Waals surface area contributed by atoms with Crippen molar-refractivity contribution in [3.05, 3.63) is 11.6 Å². The van der Waals surface area contributed by atoms with Crippen LogP contribution in [0.5, 0.6) is 0 Å². The lowest BCUT2D eigenvalue weighted by Crippen LogP contribution is -2.27. The molecule has 5 heteroatoms. The highest BCUT2D eigenvalue weighted by molar-refractivity contribution is 8.02. The van der Waals surface area contributed by atoms with Gasteiger partial charge in [0.05, 0.1) is 5.92 Å². The number of carbonyl (C=O) groups is 1. The second-order valence-corrected chi connectivity index (χ2v) is 4.09. The normalized spacial score (nSPS) is 23.0. The first kappa shape index (κ1) is 11.3. The number of aliphatic imine (C=N–C) groups is 1. The molecule has 1 aliphatic rings. The number of rotatable bonds is 5. The number of nitrogens with two attached hydrogens (primary N) is 1. The number of hydrogen-bond donors (Lipinski definition) is 1. The van der Waals surface area contributed by atoms with Gasteiger partial charge in [0.2, 0.25) is 5.91 Å². The number of amides is 1. The van der Waals surface area contributed by atoms with Crippen LogP contribution in [0.4, 0.5) is 0 Å². The van der Waals surface area contributed by atoms with E-state index in [-0.39, 0.29) is 11.8 Å². The van der Waals surface area contributed by atoms with Crippen molar-refractivity contribution in [1.29, 1.82) is 0 Å². The van der Waals surface area contributed by atoms with Crippen LogP contribution in [0.15, 0.2) is 16.6 Å². The molecule has 1 amide bonds. The van der Waals surface area contributed by atoms with Gasteiger partial charge >= 0.3 is 0 Å². The molecule has 0 unspecified atom stereocenters. The average Bonchev–Trinajstić information content (AvgIpc) is 2.61. The molecule has 0 spiro atoms. The molecular formula is C9H15N3OS. The number of primary amides is 1. The minimum atomic E-state index is -0.180. The third-order valence-electron chi connectivity index (χ3n) is 2.19. The first-order valence-electron chi connectivity index (χ1n) is 4.48. The van der Waals surface area contributed by atoms with E-state index < -0.39 is 0 Å². The maximum Gasteiger partial charge on any atom is 0.221 e. The van der Waals surface area contributed by atoms with Gasteiger partial charge in [-0.25, -0.2) is 0 Å². The lowest BCUT2D eigenvalue weighted by molar-refractivity contribution is -0.121. The van der Waals surface area contributed by atoms with Crippen molar-refractivity contribution in [3.8, 4) is 0 Å². The maximum absolute atomic E-state index is 10.9. The Balaban J connectivity index is 2.19. The molecule has 0 radical (unpaired) electrons. The molecule has 0 aliphatic carbocycles. The Bertz CT molecular complexity index is 242. The lowest BCUT2D eigenvalue weighted by atomic mass is 10.1. The van der Waals surface area contributed by atoms with E-state index in [1.807, 2.05) is 5.41 Å². The molecule has 2 N–H and O–H groups in total. The van der Waals surface area contributed by atoms with Crippen LogP contribution >= 0.6 is 11.8 Å². The van der Waals surface area contributed by atoms with Crippen LogP contribution < -0.4 is 5.73 Å². The summed E-state index contributed by atoms with van der Waals surface area (Å²) in [6.07, 6.45) is 2.55. The summed E-state index contributed by atoms with van der Waals surface area (Å²) >= 11 is 1.65. The summed E-state index contributed by atoms with van der Waals surface area (Å²) < 4.78 is 0. The van der Waals surface area contributed by atoms with Gasteiger partial charge in [-0.3, -0.25) is 14.7 Å². The van der Waals surface area contributed by atoms with Gasteiger partial charge in [0.25, 0.3) is 0 Å². The summed E-state index contributed by atoms with van der Waals surface area (Å²) in [4.78, 5) is 16.7. The minimum absolute atomic E-state index is 0.0390. The fraction of sp³-hybridized carbons (Fsp3) is 0.556. The Hall–Kier alpha value is -0.810. The molecule has 1 rings (SSSR count). The predicted molar refractivity (Wildman–Crippen MR) is 60.0 cm³/mol. The molecule has 0 aromatic heterocycles. The monoisotopic (exact) mass is 213 g/mol. The Kier molecular flexibility index (Phi) is 4.69. The number of thioether (sulfide) groups is 1. The SMILES string of the molecule is C=N/C=C\SCN1CC[C@@H](C(N)=O)C1. The van der Waals surface area contributed by atoms with Crippen LogP contribution in [0.25, 0.3) is 0 Å². The van der Waals surface area contributed by atoms with E-state index in [0.717, 1.165) is 25.4 Å². The Morgan fingerprint density at radius 1 is 1.79 bits per heavy atom. The molecule has 0 saturated carbocycles. The fourth-order valence-corrected chi connectivity index (χ4v) is 2.12. The number of likely N-dealkylation sites (tertiary alicyclic amines) is 1. The second-order valence-electron chi connectivity index (χ2n) is 3.23. The Morgan fingerprint density at radius 2 is 2.57 bits per heavy atom. The highest BCUT2D eigenvalue weighted by Gasteiger charge is 2.25. The van der Waals surface area contributed by atoms with E-state index in [4.69, 9.17) is 5.73 Å². The van der Waals surface area contributed by atoms with Crippen LogP contribution in [0.3, 0.4) is 0 Å². The van der Waals surface area contributed by atoms with E-state index in [2.05, 4.69) is 16.6 Å². The van der Waals surface area contributed by atoms with Gasteiger partial charge in [-0.05, 0) is 25.1 Å². The fourth-order valence-electron chi connectivity index (χ4n) is 1.42. The first-order chi connectivity index (χ1) is 6.74. The predicted octanol–water partition coefficient (Wildman–Crippen LogP) is 0.656. The summed E-state index contributed by atoms with van der Waals surface area (Å²) in [5.41, 5.74) is 5.23. The molecule has 1 heterocycles. The summed E-state index contributed by atoms with van der Waals surface area (Å²) in [6, 6.07) is 0. The van der Waals surface area contributed by atoms with Gasteiger partial charge < -0.3 is 5.73 Å². The summed E-state index contributed by atoms with van der Waals surface area (Å²) in [6.45, 7) is 5.08. The quantitative estimate of drug-likeness (QED) is 0.682. The maximum atomic E-state index is 10.9. The highest BCUT2D eigenvalue weighted by Crippen LogP contribution is 2.18. The smallest absolute Gasteiger partial charge is 0.221 e. The van der Waals surface area contributed by atoms with Crippen molar-refractivity contribution in [1.82, 2.24) is 4.90 Å². The van der Waals surface area contributed by atoms with Crippen LogP contribution in [0, 0.1) is 5.92 Å². The molecule has 0 aromatic rings. The topological polar surface area (TPSA) is 58.7 Å². The minimum Gasteiger partial charge on any atom is -0.369 e. The van der Waals surface area contributed by atoms with Crippen molar-refractivity contribution in [3.63, 3.8) is 0 Å². The van der Waals surface area contributed by atoms with Gasteiger partial charge in [0.1, 0.15) is 0 Å². The zero-order chi connectivity index (χ0) is 10.4. The second kappa shape index (κ2) is 5.82. The highest BCUT2D eigenvalue weighted by atomic mass is 32.2. The Morgan fingerprint density at radius 3 is 3.14 bits per heavy atom. The van der Waals surface area contributed by atoms with Gasteiger partial charge in [-0.2, -0.15) is 0 Å². The molecule has 1 aliphatic heterocycles. The standard InChI is InChI=1S/C9H15N3OS/c1-11-3-5-14-7-12-4-2-8(6-12)9(10)13/h3,5,8H,1-2,4,6-7H2,(H2,10,13)/b5-3-/t8-/m1/s1. The van der Waals surface area contributed by atoms with Crippen LogP contribution in [0.2, 0.25) is 0 Å². The van der Waals surface area contributed by atoms with E-state index in [9.17, 15) is 4.79 Å².